The van der Waals surface area contributed by atoms with Crippen LogP contribution in [0.25, 0.3) is 0 Å². The van der Waals surface area contributed by atoms with E-state index in [1.165, 1.54) is 24.8 Å². The van der Waals surface area contributed by atoms with Crippen molar-refractivity contribution >= 4 is 15.9 Å². The van der Waals surface area contributed by atoms with Crippen LogP contribution in [0.2, 0.25) is 0 Å². The van der Waals surface area contributed by atoms with Gasteiger partial charge in [-0.05, 0) is 68.1 Å². The van der Waals surface area contributed by atoms with E-state index in [1.54, 1.807) is 12.1 Å². The van der Waals surface area contributed by atoms with Gasteiger partial charge in [-0.1, -0.05) is 42.5 Å². The molecular formula is C24H31N3O3S. The zero-order chi connectivity index (χ0) is 21.8. The number of likely N-dealkylation sites (tertiary alicyclic amines) is 1. The minimum atomic E-state index is -3.55. The van der Waals surface area contributed by atoms with Gasteiger partial charge in [0.05, 0.1) is 6.26 Å². The van der Waals surface area contributed by atoms with Gasteiger partial charge in [0.15, 0.2) is 0 Å². The fourth-order valence-corrected chi connectivity index (χ4v) is 4.86. The number of hydrogen-bond donors (Lipinski definition) is 2. The Morgan fingerprint density at radius 1 is 1.03 bits per heavy atom. The van der Waals surface area contributed by atoms with E-state index in [9.17, 15) is 13.2 Å². The zero-order valence-electron chi connectivity index (χ0n) is 18.0. The Kier molecular flexibility index (Phi) is 6.74. The van der Waals surface area contributed by atoms with Crippen LogP contribution < -0.4 is 10.0 Å². The van der Waals surface area contributed by atoms with Crippen LogP contribution in [0.15, 0.2) is 54.6 Å². The van der Waals surface area contributed by atoms with Crippen molar-refractivity contribution in [3.05, 3.63) is 71.3 Å². The fourth-order valence-electron chi connectivity index (χ4n) is 4.40. The third kappa shape index (κ3) is 6.38. The molecule has 2 N–H and O–H groups in total. The molecule has 2 aromatic carbocycles. The molecule has 166 valence electrons. The van der Waals surface area contributed by atoms with E-state index in [-0.39, 0.29) is 0 Å². The molecule has 1 saturated heterocycles. The number of sulfonamides is 1. The summed E-state index contributed by atoms with van der Waals surface area (Å²) in [4.78, 5) is 14.4. The molecule has 0 bridgehead atoms. The number of nitrogens with one attached hydrogen (secondary N) is 2. The second-order valence-corrected chi connectivity index (χ2v) is 10.6. The topological polar surface area (TPSA) is 78.5 Å². The molecule has 4 rings (SSSR count). The average molecular weight is 442 g/mol. The summed E-state index contributed by atoms with van der Waals surface area (Å²) in [5, 5.41) is 3.77. The SMILES string of the molecule is CS(=O)(=O)NC(=O)c1ccc(CN2CCC(CN[C@H]3C[C@@H]3c3ccccc3)CC2)cc1. The number of hydrogen-bond acceptors (Lipinski definition) is 5. The van der Waals surface area contributed by atoms with E-state index in [2.05, 4.69) is 40.5 Å². The second kappa shape index (κ2) is 9.51. The van der Waals surface area contributed by atoms with Crippen LogP contribution in [-0.2, 0) is 16.6 Å². The molecule has 0 spiro atoms. The lowest BCUT2D eigenvalue weighted by Crippen LogP contribution is -2.37. The van der Waals surface area contributed by atoms with E-state index in [0.29, 0.717) is 17.5 Å². The minimum absolute atomic E-state index is 0.354. The minimum Gasteiger partial charge on any atom is -0.313 e. The second-order valence-electron chi connectivity index (χ2n) is 8.89. The zero-order valence-corrected chi connectivity index (χ0v) is 18.8. The summed E-state index contributed by atoms with van der Waals surface area (Å²) >= 11 is 0. The number of carbonyl (C=O) groups is 1. The third-order valence-corrected chi connectivity index (χ3v) is 6.85. The van der Waals surface area contributed by atoms with Crippen molar-refractivity contribution in [3.63, 3.8) is 0 Å². The smallest absolute Gasteiger partial charge is 0.264 e. The summed E-state index contributed by atoms with van der Waals surface area (Å²) in [6.07, 6.45) is 4.63. The summed E-state index contributed by atoms with van der Waals surface area (Å²) in [6.45, 7) is 4.11. The third-order valence-electron chi connectivity index (χ3n) is 6.29. The number of carbonyl (C=O) groups excluding carboxylic acids is 1. The van der Waals surface area contributed by atoms with E-state index in [1.807, 2.05) is 16.9 Å². The molecule has 1 aliphatic heterocycles. The first-order valence-corrected chi connectivity index (χ1v) is 12.9. The van der Waals surface area contributed by atoms with E-state index < -0.39 is 15.9 Å². The van der Waals surface area contributed by atoms with Crippen molar-refractivity contribution in [3.8, 4) is 0 Å². The lowest BCUT2D eigenvalue weighted by atomic mass is 9.96. The lowest BCUT2D eigenvalue weighted by Gasteiger charge is -2.32. The van der Waals surface area contributed by atoms with Gasteiger partial charge in [-0.15, -0.1) is 0 Å². The summed E-state index contributed by atoms with van der Waals surface area (Å²) in [7, 11) is -3.55. The van der Waals surface area contributed by atoms with Crippen molar-refractivity contribution in [1.29, 1.82) is 0 Å². The van der Waals surface area contributed by atoms with Gasteiger partial charge in [0.2, 0.25) is 10.0 Å². The van der Waals surface area contributed by atoms with E-state index in [4.69, 9.17) is 0 Å². The molecule has 31 heavy (non-hydrogen) atoms. The van der Waals surface area contributed by atoms with E-state index in [0.717, 1.165) is 43.9 Å². The van der Waals surface area contributed by atoms with Crippen molar-refractivity contribution < 1.29 is 13.2 Å². The van der Waals surface area contributed by atoms with Gasteiger partial charge in [-0.25, -0.2) is 13.1 Å². The molecule has 1 heterocycles. The van der Waals surface area contributed by atoms with Crippen LogP contribution in [-0.4, -0.2) is 51.2 Å². The molecule has 1 amide bonds. The van der Waals surface area contributed by atoms with Crippen molar-refractivity contribution in [2.75, 3.05) is 25.9 Å². The number of nitrogens with zero attached hydrogens (tertiary/aromatic N) is 1. The van der Waals surface area contributed by atoms with Gasteiger partial charge >= 0.3 is 0 Å². The predicted octanol–water partition coefficient (Wildman–Crippen LogP) is 2.73. The number of amides is 1. The molecule has 1 aliphatic carbocycles. The largest absolute Gasteiger partial charge is 0.313 e. The standard InChI is InChI=1S/C24H31N3O3S/c1-31(29,30)26-24(28)21-9-7-19(8-10-21)17-27-13-11-18(12-14-27)16-25-23-15-22(23)20-5-3-2-4-6-20/h2-10,18,22-23,25H,11-17H2,1H3,(H,26,28)/t22-,23+/m1/s1. The Bertz CT molecular complexity index is 984. The molecule has 2 atom stereocenters. The molecular weight excluding hydrogens is 410 g/mol. The highest BCUT2D eigenvalue weighted by Crippen LogP contribution is 2.40. The Labute approximate surface area is 185 Å². The summed E-state index contributed by atoms with van der Waals surface area (Å²) < 4.78 is 24.4. The van der Waals surface area contributed by atoms with Crippen LogP contribution in [0.3, 0.4) is 0 Å². The van der Waals surface area contributed by atoms with Crippen molar-refractivity contribution in [2.24, 2.45) is 5.92 Å². The van der Waals surface area contributed by atoms with Gasteiger partial charge in [0, 0.05) is 24.1 Å². The first kappa shape index (κ1) is 22.0. The van der Waals surface area contributed by atoms with Gasteiger partial charge in [0.25, 0.3) is 5.91 Å². The van der Waals surface area contributed by atoms with E-state index >= 15 is 0 Å². The normalized spacial score (nSPS) is 22.2. The average Bonchev–Trinajstić information content (AvgIpc) is 3.53. The summed E-state index contributed by atoms with van der Waals surface area (Å²) in [5.74, 6) is 0.826. The first-order chi connectivity index (χ1) is 14.9. The Morgan fingerprint density at radius 2 is 1.71 bits per heavy atom. The molecule has 6 nitrogen and oxygen atoms in total. The maximum absolute atomic E-state index is 11.9. The fraction of sp³-hybridized carbons (Fsp3) is 0.458. The van der Waals surface area contributed by atoms with Gasteiger partial charge < -0.3 is 5.32 Å². The maximum Gasteiger partial charge on any atom is 0.264 e. The van der Waals surface area contributed by atoms with Crippen LogP contribution >= 0.6 is 0 Å². The van der Waals surface area contributed by atoms with Crippen molar-refractivity contribution in [1.82, 2.24) is 14.9 Å². The first-order valence-electron chi connectivity index (χ1n) is 11.0. The highest BCUT2D eigenvalue weighted by molar-refractivity contribution is 7.89. The molecule has 0 aromatic heterocycles. The van der Waals surface area contributed by atoms with Crippen LogP contribution in [0.4, 0.5) is 0 Å². The monoisotopic (exact) mass is 441 g/mol. The highest BCUT2D eigenvalue weighted by Gasteiger charge is 2.38. The lowest BCUT2D eigenvalue weighted by molar-refractivity contribution is 0.0981. The summed E-state index contributed by atoms with van der Waals surface area (Å²) in [6, 6.07) is 18.6. The predicted molar refractivity (Wildman–Crippen MR) is 122 cm³/mol. The molecule has 2 aromatic rings. The van der Waals surface area contributed by atoms with Crippen LogP contribution in [0, 0.1) is 5.92 Å². The van der Waals surface area contributed by atoms with Gasteiger partial charge in [-0.2, -0.15) is 0 Å². The Balaban J connectivity index is 1.17. The Hall–Kier alpha value is -2.22. The Morgan fingerprint density at radius 3 is 2.35 bits per heavy atom. The quantitative estimate of drug-likeness (QED) is 0.659. The molecule has 2 fully saturated rings. The van der Waals surface area contributed by atoms with Crippen molar-refractivity contribution in [2.45, 2.75) is 37.8 Å². The number of benzene rings is 2. The molecule has 2 aliphatic rings. The number of rotatable bonds is 8. The molecule has 7 heteroatoms. The van der Waals surface area contributed by atoms with Crippen LogP contribution in [0.5, 0.6) is 0 Å². The molecule has 0 radical (unpaired) electrons. The number of piperidine rings is 1. The van der Waals surface area contributed by atoms with Crippen LogP contribution in [0.1, 0.15) is 46.7 Å². The maximum atomic E-state index is 11.9. The van der Waals surface area contributed by atoms with Gasteiger partial charge in [-0.3, -0.25) is 9.69 Å². The van der Waals surface area contributed by atoms with Gasteiger partial charge in [0.1, 0.15) is 0 Å². The highest BCUT2D eigenvalue weighted by atomic mass is 32.2. The summed E-state index contributed by atoms with van der Waals surface area (Å²) in [5.41, 5.74) is 2.94. The molecule has 1 saturated carbocycles. The molecule has 0 unspecified atom stereocenters.